The summed E-state index contributed by atoms with van der Waals surface area (Å²) in [4.78, 5) is 4.57. The molecule has 1 aliphatic heterocycles. The second kappa shape index (κ2) is 8.56. The van der Waals surface area contributed by atoms with E-state index in [1.54, 1.807) is 0 Å². The number of benzene rings is 2. The molecule has 0 aliphatic carbocycles. The number of nitrogens with zero attached hydrogens (tertiary/aromatic N) is 2. The van der Waals surface area contributed by atoms with Crippen LogP contribution in [-0.4, -0.2) is 41.1 Å². The van der Waals surface area contributed by atoms with E-state index in [2.05, 4.69) is 15.1 Å². The first-order valence-electron chi connectivity index (χ1n) is 7.99. The molecule has 3 nitrogen and oxygen atoms in total. The van der Waals surface area contributed by atoms with Crippen LogP contribution in [0.2, 0.25) is 15.1 Å². The van der Waals surface area contributed by atoms with E-state index in [4.69, 9.17) is 47.0 Å². The molecule has 1 fully saturated rings. The molecule has 1 saturated heterocycles. The average Bonchev–Trinajstić information content (AvgIpc) is 2.59. The van der Waals surface area contributed by atoms with Gasteiger partial charge in [-0.1, -0.05) is 46.9 Å². The molecule has 1 N–H and O–H groups in total. The van der Waals surface area contributed by atoms with Crippen LogP contribution in [0, 0.1) is 0 Å². The molecule has 2 aromatic carbocycles. The van der Waals surface area contributed by atoms with Gasteiger partial charge in [-0.15, -0.1) is 0 Å². The van der Waals surface area contributed by atoms with Crippen LogP contribution < -0.4 is 5.32 Å². The van der Waals surface area contributed by atoms with Gasteiger partial charge in [0.05, 0.1) is 10.0 Å². The van der Waals surface area contributed by atoms with E-state index in [9.17, 15) is 0 Å². The minimum atomic E-state index is 0.590. The third kappa shape index (κ3) is 5.22. The molecule has 25 heavy (non-hydrogen) atoms. The fourth-order valence-electron chi connectivity index (χ4n) is 2.77. The van der Waals surface area contributed by atoms with Crippen molar-refractivity contribution in [3.05, 3.63) is 63.1 Å². The Morgan fingerprint density at radius 2 is 1.72 bits per heavy atom. The minimum absolute atomic E-state index is 0.590. The van der Waals surface area contributed by atoms with Gasteiger partial charge < -0.3 is 10.2 Å². The summed E-state index contributed by atoms with van der Waals surface area (Å²) in [5, 5.41) is 5.87. The largest absolute Gasteiger partial charge is 0.346 e. The maximum absolute atomic E-state index is 6.09. The monoisotopic (exact) mass is 413 g/mol. The molecule has 0 unspecified atom stereocenters. The van der Waals surface area contributed by atoms with Gasteiger partial charge in [-0.25, -0.2) is 0 Å². The molecule has 3 rings (SSSR count). The van der Waals surface area contributed by atoms with Crippen LogP contribution in [0.25, 0.3) is 0 Å². The number of halogens is 3. The highest BCUT2D eigenvalue weighted by Gasteiger charge is 2.19. The van der Waals surface area contributed by atoms with Crippen molar-refractivity contribution in [2.45, 2.75) is 6.54 Å². The lowest BCUT2D eigenvalue weighted by atomic mass is 10.2. The molecule has 1 aliphatic rings. The van der Waals surface area contributed by atoms with Crippen LogP contribution >= 0.6 is 47.0 Å². The highest BCUT2D eigenvalue weighted by Crippen LogP contribution is 2.23. The Balaban J connectivity index is 1.51. The number of anilines is 1. The van der Waals surface area contributed by atoms with E-state index in [-0.39, 0.29) is 0 Å². The molecule has 0 aromatic heterocycles. The first-order valence-corrected chi connectivity index (χ1v) is 9.53. The summed E-state index contributed by atoms with van der Waals surface area (Å²) in [7, 11) is 0. The van der Waals surface area contributed by atoms with Crippen LogP contribution in [0.15, 0.2) is 42.5 Å². The number of rotatable bonds is 3. The van der Waals surface area contributed by atoms with Gasteiger partial charge in [0.25, 0.3) is 0 Å². The maximum atomic E-state index is 6.09. The number of thiocarbonyl (C=S) groups is 1. The molecule has 1 heterocycles. The van der Waals surface area contributed by atoms with Crippen molar-refractivity contribution in [1.29, 1.82) is 0 Å². The van der Waals surface area contributed by atoms with Crippen LogP contribution in [0.3, 0.4) is 0 Å². The molecule has 0 bridgehead atoms. The van der Waals surface area contributed by atoms with E-state index >= 15 is 0 Å². The fourth-order valence-corrected chi connectivity index (χ4v) is 3.59. The zero-order valence-electron chi connectivity index (χ0n) is 13.5. The molecule has 0 spiro atoms. The van der Waals surface area contributed by atoms with Gasteiger partial charge in [0, 0.05) is 43.4 Å². The predicted octanol–water partition coefficient (Wildman–Crippen LogP) is 5.16. The molecule has 2 aromatic rings. The van der Waals surface area contributed by atoms with Gasteiger partial charge in [-0.2, -0.15) is 0 Å². The Morgan fingerprint density at radius 1 is 0.960 bits per heavy atom. The summed E-state index contributed by atoms with van der Waals surface area (Å²) >= 11 is 23.6. The summed E-state index contributed by atoms with van der Waals surface area (Å²) in [5.74, 6) is 0. The molecule has 0 atom stereocenters. The third-order valence-corrected chi connectivity index (χ3v) is 5.46. The van der Waals surface area contributed by atoms with Crippen molar-refractivity contribution < 1.29 is 0 Å². The molecule has 0 radical (unpaired) electrons. The maximum Gasteiger partial charge on any atom is 0.173 e. The van der Waals surface area contributed by atoms with Crippen molar-refractivity contribution >= 4 is 57.8 Å². The number of nitrogens with one attached hydrogen (secondary N) is 1. The van der Waals surface area contributed by atoms with Gasteiger partial charge in [-0.3, -0.25) is 4.90 Å². The van der Waals surface area contributed by atoms with Crippen molar-refractivity contribution in [3.8, 4) is 0 Å². The van der Waals surface area contributed by atoms with Crippen molar-refractivity contribution in [2.75, 3.05) is 31.5 Å². The predicted molar refractivity (Wildman–Crippen MR) is 111 cm³/mol. The van der Waals surface area contributed by atoms with Crippen molar-refractivity contribution in [3.63, 3.8) is 0 Å². The van der Waals surface area contributed by atoms with Gasteiger partial charge in [0.15, 0.2) is 5.11 Å². The Morgan fingerprint density at radius 3 is 2.40 bits per heavy atom. The summed E-state index contributed by atoms with van der Waals surface area (Å²) < 4.78 is 0. The highest BCUT2D eigenvalue weighted by atomic mass is 35.5. The van der Waals surface area contributed by atoms with Crippen LogP contribution in [-0.2, 0) is 6.54 Å². The van der Waals surface area contributed by atoms with Crippen LogP contribution in [0.4, 0.5) is 5.69 Å². The van der Waals surface area contributed by atoms with Gasteiger partial charge in [0.2, 0.25) is 0 Å². The van der Waals surface area contributed by atoms with Gasteiger partial charge >= 0.3 is 0 Å². The number of hydrogen-bond donors (Lipinski definition) is 1. The molecule has 132 valence electrons. The number of piperazine rings is 1. The Kier molecular flexibility index (Phi) is 6.42. The molecule has 0 saturated carbocycles. The smallest absolute Gasteiger partial charge is 0.173 e. The first kappa shape index (κ1) is 18.7. The zero-order chi connectivity index (χ0) is 17.8. The summed E-state index contributed by atoms with van der Waals surface area (Å²) in [6.07, 6.45) is 0. The Hall–Kier alpha value is -1.04. The first-order chi connectivity index (χ1) is 12.0. The van der Waals surface area contributed by atoms with Crippen LogP contribution in [0.5, 0.6) is 0 Å². The van der Waals surface area contributed by atoms with Gasteiger partial charge in [0.1, 0.15) is 0 Å². The number of hydrogen-bond acceptors (Lipinski definition) is 2. The quantitative estimate of drug-likeness (QED) is 0.699. The lowest BCUT2D eigenvalue weighted by Gasteiger charge is -2.36. The second-order valence-electron chi connectivity index (χ2n) is 5.95. The van der Waals surface area contributed by atoms with Gasteiger partial charge in [-0.05, 0) is 48.1 Å². The standard InChI is InChI=1S/C18H18Cl3N3S/c19-14-2-1-3-15(11-14)22-18(25)24-8-6-23(7-9-24)12-13-4-5-16(20)17(21)10-13/h1-5,10-11H,6-9,12H2,(H,22,25). The second-order valence-corrected chi connectivity index (χ2v) is 7.59. The fraction of sp³-hybridized carbons (Fsp3) is 0.278. The molecular formula is C18H18Cl3N3S. The van der Waals surface area contributed by atoms with E-state index in [1.165, 1.54) is 5.56 Å². The van der Waals surface area contributed by atoms with Crippen molar-refractivity contribution in [2.24, 2.45) is 0 Å². The topological polar surface area (TPSA) is 18.5 Å². The summed E-state index contributed by atoms with van der Waals surface area (Å²) in [5.41, 5.74) is 2.08. The third-order valence-electron chi connectivity index (χ3n) is 4.13. The van der Waals surface area contributed by atoms with E-state index in [0.717, 1.165) is 43.5 Å². The summed E-state index contributed by atoms with van der Waals surface area (Å²) in [6.45, 7) is 4.51. The normalized spacial score (nSPS) is 15.2. The highest BCUT2D eigenvalue weighted by molar-refractivity contribution is 7.80. The SMILES string of the molecule is S=C(Nc1cccc(Cl)c1)N1CCN(Cc2ccc(Cl)c(Cl)c2)CC1. The lowest BCUT2D eigenvalue weighted by Crippen LogP contribution is -2.49. The Labute approximate surface area is 168 Å². The average molecular weight is 415 g/mol. The van der Waals surface area contributed by atoms with E-state index < -0.39 is 0 Å². The molecular weight excluding hydrogens is 397 g/mol. The molecule has 0 amide bonds. The zero-order valence-corrected chi connectivity index (χ0v) is 16.6. The van der Waals surface area contributed by atoms with E-state index in [0.29, 0.717) is 15.1 Å². The van der Waals surface area contributed by atoms with Crippen LogP contribution in [0.1, 0.15) is 5.56 Å². The molecule has 7 heteroatoms. The summed E-state index contributed by atoms with van der Waals surface area (Å²) in [6, 6.07) is 13.4. The Bertz CT molecular complexity index is 761. The lowest BCUT2D eigenvalue weighted by molar-refractivity contribution is 0.177. The van der Waals surface area contributed by atoms with E-state index in [1.807, 2.05) is 42.5 Å². The van der Waals surface area contributed by atoms with Crippen molar-refractivity contribution in [1.82, 2.24) is 9.80 Å². The minimum Gasteiger partial charge on any atom is -0.346 e.